The molecule has 3 nitrogen and oxygen atoms in total. The summed E-state index contributed by atoms with van der Waals surface area (Å²) in [5.74, 6) is -0.162. The topological polar surface area (TPSA) is 46.5 Å². The molecule has 0 atom stereocenters. The third-order valence-corrected chi connectivity index (χ3v) is 2.68. The highest BCUT2D eigenvalue weighted by Crippen LogP contribution is 2.19. The maximum absolute atomic E-state index is 11.4. The van der Waals surface area contributed by atoms with Gasteiger partial charge in [0, 0.05) is 11.6 Å². The zero-order valence-electron chi connectivity index (χ0n) is 10.5. The molecule has 0 heterocycles. The van der Waals surface area contributed by atoms with Gasteiger partial charge in [-0.05, 0) is 11.6 Å². The summed E-state index contributed by atoms with van der Waals surface area (Å²) in [6.07, 6.45) is 8.13. The van der Waals surface area contributed by atoms with E-state index in [1.165, 1.54) is 13.2 Å². The number of allylic oxidation sites excluding steroid dienone is 4. The Balaban J connectivity index is 2.19. The molecule has 1 N–H and O–H groups in total. The van der Waals surface area contributed by atoms with Crippen molar-refractivity contribution in [2.24, 2.45) is 0 Å². The van der Waals surface area contributed by atoms with Crippen LogP contribution in [0.3, 0.4) is 0 Å². The van der Waals surface area contributed by atoms with Crippen LogP contribution in [0.25, 0.3) is 6.08 Å². The fraction of sp³-hybridized carbons (Fsp3) is 0.0625. The largest absolute Gasteiger partial charge is 0.507 e. The fourth-order valence-electron chi connectivity index (χ4n) is 1.68. The molecule has 1 aliphatic carbocycles. The van der Waals surface area contributed by atoms with E-state index in [4.69, 9.17) is 4.74 Å². The number of aliphatic hydroxyl groups excluding tert-OH is 1. The van der Waals surface area contributed by atoms with Crippen LogP contribution in [0.1, 0.15) is 5.56 Å². The molecular weight excluding hydrogens is 240 g/mol. The molecule has 0 aromatic heterocycles. The number of hydrogen-bond acceptors (Lipinski definition) is 3. The molecule has 2 rings (SSSR count). The zero-order valence-corrected chi connectivity index (χ0v) is 10.5. The first-order valence-electron chi connectivity index (χ1n) is 5.85. The summed E-state index contributed by atoms with van der Waals surface area (Å²) in [5.41, 5.74) is 1.61. The molecule has 96 valence electrons. The molecule has 19 heavy (non-hydrogen) atoms. The van der Waals surface area contributed by atoms with Crippen molar-refractivity contribution in [1.29, 1.82) is 0 Å². The number of ketones is 1. The van der Waals surface area contributed by atoms with Gasteiger partial charge in [-0.1, -0.05) is 48.6 Å². The summed E-state index contributed by atoms with van der Waals surface area (Å²) in [6, 6.07) is 9.81. The van der Waals surface area contributed by atoms with E-state index in [1.54, 1.807) is 6.08 Å². The summed E-state index contributed by atoms with van der Waals surface area (Å²) < 4.78 is 4.94. The molecule has 0 spiro atoms. The van der Waals surface area contributed by atoms with E-state index in [9.17, 15) is 9.90 Å². The molecule has 0 bridgehead atoms. The number of rotatable bonds is 3. The van der Waals surface area contributed by atoms with Crippen molar-refractivity contribution < 1.29 is 14.6 Å². The van der Waals surface area contributed by atoms with Crippen molar-refractivity contribution in [3.05, 3.63) is 77.3 Å². The van der Waals surface area contributed by atoms with Crippen molar-refractivity contribution in [1.82, 2.24) is 0 Å². The van der Waals surface area contributed by atoms with Gasteiger partial charge < -0.3 is 9.84 Å². The van der Waals surface area contributed by atoms with Gasteiger partial charge in [0.25, 0.3) is 0 Å². The van der Waals surface area contributed by atoms with Crippen molar-refractivity contribution in [3.63, 3.8) is 0 Å². The molecule has 1 aliphatic rings. The third kappa shape index (κ3) is 3.22. The van der Waals surface area contributed by atoms with E-state index in [0.717, 1.165) is 11.6 Å². The van der Waals surface area contributed by atoms with Crippen LogP contribution in [0.2, 0.25) is 0 Å². The van der Waals surface area contributed by atoms with Crippen molar-refractivity contribution >= 4 is 11.9 Å². The number of carbonyl (C=O) groups is 1. The van der Waals surface area contributed by atoms with Crippen molar-refractivity contribution in [2.75, 3.05) is 7.11 Å². The fourth-order valence-corrected chi connectivity index (χ4v) is 1.68. The Hall–Kier alpha value is -2.55. The van der Waals surface area contributed by atoms with Gasteiger partial charge in [0.05, 0.1) is 7.11 Å². The predicted octanol–water partition coefficient (Wildman–Crippen LogP) is 3.18. The van der Waals surface area contributed by atoms with E-state index in [2.05, 4.69) is 0 Å². The molecule has 0 saturated carbocycles. The molecule has 3 heteroatoms. The number of methoxy groups -OCH3 is 1. The van der Waals surface area contributed by atoms with Crippen LogP contribution >= 0.6 is 0 Å². The summed E-state index contributed by atoms with van der Waals surface area (Å²) in [4.78, 5) is 11.4. The zero-order chi connectivity index (χ0) is 13.7. The van der Waals surface area contributed by atoms with Gasteiger partial charge >= 0.3 is 0 Å². The average molecular weight is 254 g/mol. The van der Waals surface area contributed by atoms with Crippen LogP contribution in [0.15, 0.2) is 71.7 Å². The lowest BCUT2D eigenvalue weighted by Crippen LogP contribution is -2.08. The number of ether oxygens (including phenoxy) is 1. The van der Waals surface area contributed by atoms with Crippen LogP contribution in [0.4, 0.5) is 0 Å². The third-order valence-electron chi connectivity index (χ3n) is 2.68. The van der Waals surface area contributed by atoms with Crippen LogP contribution in [-0.4, -0.2) is 18.0 Å². The molecule has 0 aliphatic heterocycles. The molecule has 1 aromatic carbocycles. The highest BCUT2D eigenvalue weighted by Gasteiger charge is 2.16. The maximum atomic E-state index is 11.4. The van der Waals surface area contributed by atoms with Gasteiger partial charge in [-0.25, -0.2) is 0 Å². The highest BCUT2D eigenvalue weighted by atomic mass is 16.5. The van der Waals surface area contributed by atoms with E-state index in [0.29, 0.717) is 5.57 Å². The second-order valence-corrected chi connectivity index (χ2v) is 4.00. The number of carbonyl (C=O) groups excluding carboxylic acids is 1. The van der Waals surface area contributed by atoms with Crippen molar-refractivity contribution in [3.8, 4) is 0 Å². The first kappa shape index (κ1) is 12.9. The first-order valence-corrected chi connectivity index (χ1v) is 5.85. The van der Waals surface area contributed by atoms with E-state index in [-0.39, 0.29) is 17.3 Å². The van der Waals surface area contributed by atoms with Crippen molar-refractivity contribution in [2.45, 2.75) is 0 Å². The van der Waals surface area contributed by atoms with Gasteiger partial charge in [-0.2, -0.15) is 0 Å². The highest BCUT2D eigenvalue weighted by molar-refractivity contribution is 6.05. The molecule has 0 radical (unpaired) electrons. The maximum Gasteiger partial charge on any atom is 0.224 e. The summed E-state index contributed by atoms with van der Waals surface area (Å²) in [5, 5.41) is 9.69. The monoisotopic (exact) mass is 254 g/mol. The van der Waals surface area contributed by atoms with Crippen LogP contribution in [0.5, 0.6) is 0 Å². The van der Waals surface area contributed by atoms with Gasteiger partial charge in [0.15, 0.2) is 5.76 Å². The number of benzene rings is 1. The minimum atomic E-state index is -0.329. The van der Waals surface area contributed by atoms with E-state index < -0.39 is 0 Å². The second-order valence-electron chi connectivity index (χ2n) is 4.00. The normalized spacial score (nSPS) is 17.5. The van der Waals surface area contributed by atoms with Gasteiger partial charge in [0.1, 0.15) is 5.76 Å². The first-order chi connectivity index (χ1) is 9.20. The minimum absolute atomic E-state index is 0.0523. The van der Waals surface area contributed by atoms with Crippen LogP contribution in [-0.2, 0) is 9.53 Å². The smallest absolute Gasteiger partial charge is 0.224 e. The average Bonchev–Trinajstić information content (AvgIpc) is 2.42. The van der Waals surface area contributed by atoms with Gasteiger partial charge in [0.2, 0.25) is 5.78 Å². The SMILES string of the molecule is COC1=C/C(=C\C=C\c2ccccc2)C(O)=CC1=O. The molecule has 0 amide bonds. The van der Waals surface area contributed by atoms with Crippen LogP contribution < -0.4 is 0 Å². The standard InChI is InChI=1S/C16H14O3/c1-19-16-10-13(14(17)11-15(16)18)9-5-8-12-6-3-2-4-7-12/h2-11,17H,1H3/b8-5+,13-9+. The Labute approximate surface area is 111 Å². The minimum Gasteiger partial charge on any atom is -0.507 e. The Kier molecular flexibility index (Phi) is 3.98. The summed E-state index contributed by atoms with van der Waals surface area (Å²) in [7, 11) is 1.43. The lowest BCUT2D eigenvalue weighted by atomic mass is 10.0. The number of hydrogen-bond donors (Lipinski definition) is 1. The number of aliphatic hydroxyl groups is 1. The van der Waals surface area contributed by atoms with Crippen LogP contribution in [0, 0.1) is 0 Å². The quantitative estimate of drug-likeness (QED) is 0.901. The van der Waals surface area contributed by atoms with E-state index >= 15 is 0 Å². The molecular formula is C16H14O3. The second kappa shape index (κ2) is 5.87. The molecule has 1 aromatic rings. The molecule has 0 saturated heterocycles. The van der Waals surface area contributed by atoms with Gasteiger partial charge in [-0.15, -0.1) is 0 Å². The lowest BCUT2D eigenvalue weighted by Gasteiger charge is -2.10. The molecule has 0 unspecified atom stereocenters. The molecule has 0 fully saturated rings. The lowest BCUT2D eigenvalue weighted by molar-refractivity contribution is -0.114. The Morgan fingerprint density at radius 1 is 1.16 bits per heavy atom. The Morgan fingerprint density at radius 2 is 1.89 bits per heavy atom. The van der Waals surface area contributed by atoms with E-state index in [1.807, 2.05) is 42.5 Å². The summed E-state index contributed by atoms with van der Waals surface area (Å²) >= 11 is 0. The Morgan fingerprint density at radius 3 is 2.58 bits per heavy atom. The Bertz CT molecular complexity index is 590. The summed E-state index contributed by atoms with van der Waals surface area (Å²) in [6.45, 7) is 0. The predicted molar refractivity (Wildman–Crippen MR) is 74.4 cm³/mol. The van der Waals surface area contributed by atoms with Gasteiger partial charge in [-0.3, -0.25) is 4.79 Å².